The van der Waals surface area contributed by atoms with Crippen molar-refractivity contribution in [1.29, 1.82) is 0 Å². The lowest BCUT2D eigenvalue weighted by molar-refractivity contribution is -0.310. The van der Waals surface area contributed by atoms with Gasteiger partial charge in [-0.2, -0.15) is 0 Å². The van der Waals surface area contributed by atoms with Gasteiger partial charge in [0.2, 0.25) is 17.3 Å². The molecule has 1 saturated carbocycles. The normalized spacial score (nSPS) is 38.8. The Morgan fingerprint density at radius 2 is 1.43 bits per heavy atom. The molecular formula is C26H30O9. The van der Waals surface area contributed by atoms with E-state index in [0.717, 1.165) is 0 Å². The summed E-state index contributed by atoms with van der Waals surface area (Å²) in [6.45, 7) is 5.86. The van der Waals surface area contributed by atoms with Crippen molar-refractivity contribution >= 4 is 11.6 Å². The van der Waals surface area contributed by atoms with Crippen LogP contribution < -0.4 is 0 Å². The summed E-state index contributed by atoms with van der Waals surface area (Å²) in [5, 5.41) is 65.1. The Bertz CT molecular complexity index is 1160. The van der Waals surface area contributed by atoms with Crippen molar-refractivity contribution in [2.75, 3.05) is 0 Å². The monoisotopic (exact) mass is 486 g/mol. The van der Waals surface area contributed by atoms with Crippen molar-refractivity contribution in [3.63, 3.8) is 0 Å². The van der Waals surface area contributed by atoms with Gasteiger partial charge >= 0.3 is 0 Å². The van der Waals surface area contributed by atoms with Crippen LogP contribution in [0.1, 0.15) is 34.1 Å². The van der Waals surface area contributed by atoms with E-state index in [0.29, 0.717) is 0 Å². The van der Waals surface area contributed by atoms with Crippen molar-refractivity contribution in [3.8, 4) is 0 Å². The van der Waals surface area contributed by atoms with Crippen LogP contribution in [0.3, 0.4) is 0 Å². The van der Waals surface area contributed by atoms with E-state index < -0.39 is 75.4 Å². The maximum absolute atomic E-state index is 13.7. The highest BCUT2D eigenvalue weighted by molar-refractivity contribution is 6.07. The van der Waals surface area contributed by atoms with Crippen LogP contribution in [0.5, 0.6) is 0 Å². The highest BCUT2D eigenvalue weighted by Gasteiger charge is 2.76. The zero-order valence-corrected chi connectivity index (χ0v) is 19.9. The second kappa shape index (κ2) is 8.99. The van der Waals surface area contributed by atoms with Gasteiger partial charge in [-0.3, -0.25) is 9.59 Å². The molecule has 0 bridgehead atoms. The van der Waals surface area contributed by atoms with Crippen LogP contribution >= 0.6 is 0 Å². The van der Waals surface area contributed by atoms with Gasteiger partial charge < -0.3 is 35.4 Å². The lowest BCUT2D eigenvalue weighted by atomic mass is 9.61. The standard InChI is InChI=1S/C26H30O9/c1-5-7-9-11-15(27)14-13-24(3,33)26(34)19(20(14)29)18-17(16(28)12-10-8-6-2)21(30)22(31)23(32)25(18,4)35-26/h5-12,18-19,27-28,30-31,33-34H,13H2,1-4H3/b7-5+,8-6+,11-9+,12-10+,15-14-,17-16+. The average Bonchev–Trinajstić information content (AvgIpc) is 3.05. The average molecular weight is 487 g/mol. The fourth-order valence-corrected chi connectivity index (χ4v) is 4.96. The molecule has 0 aromatic rings. The molecule has 6 N–H and O–H groups in total. The molecule has 2 aliphatic carbocycles. The molecule has 9 nitrogen and oxygen atoms in total. The van der Waals surface area contributed by atoms with Gasteiger partial charge in [-0.15, -0.1) is 0 Å². The first kappa shape index (κ1) is 26.2. The molecule has 0 aromatic carbocycles. The number of carbonyl (C=O) groups is 2. The number of fused-ring (bicyclic) bond motifs is 3. The molecule has 2 fully saturated rings. The molecule has 1 saturated heterocycles. The topological polar surface area (TPSA) is 165 Å². The smallest absolute Gasteiger partial charge is 0.233 e. The van der Waals surface area contributed by atoms with Crippen LogP contribution in [0.4, 0.5) is 0 Å². The number of hydrogen-bond acceptors (Lipinski definition) is 9. The van der Waals surface area contributed by atoms with E-state index in [9.17, 15) is 40.2 Å². The molecule has 5 atom stereocenters. The molecule has 0 amide bonds. The lowest BCUT2D eigenvalue weighted by Crippen LogP contribution is -2.62. The Balaban J connectivity index is 2.32. The Kier molecular flexibility index (Phi) is 6.73. The first-order chi connectivity index (χ1) is 16.3. The molecule has 5 unspecified atom stereocenters. The van der Waals surface area contributed by atoms with Crippen LogP contribution in [0.15, 0.2) is 82.8 Å². The molecule has 3 aliphatic rings. The van der Waals surface area contributed by atoms with Gasteiger partial charge in [-0.05, 0) is 39.8 Å². The molecule has 0 spiro atoms. The quantitative estimate of drug-likeness (QED) is 0.199. The Morgan fingerprint density at radius 3 is 1.97 bits per heavy atom. The number of hydrogen-bond donors (Lipinski definition) is 6. The number of allylic oxidation sites excluding steroid dienone is 9. The Hall–Kier alpha value is -3.40. The number of carbonyl (C=O) groups excluding carboxylic acids is 2. The van der Waals surface area contributed by atoms with E-state index in [2.05, 4.69) is 0 Å². The summed E-state index contributed by atoms with van der Waals surface area (Å²) in [7, 11) is 0. The second-order valence-electron chi connectivity index (χ2n) is 9.13. The van der Waals surface area contributed by atoms with E-state index in [1.165, 1.54) is 38.2 Å². The Morgan fingerprint density at radius 1 is 0.886 bits per heavy atom. The van der Waals surface area contributed by atoms with Gasteiger partial charge in [0.05, 0.1) is 5.92 Å². The third-order valence-electron chi connectivity index (χ3n) is 6.75. The van der Waals surface area contributed by atoms with Crippen molar-refractivity contribution in [1.82, 2.24) is 0 Å². The van der Waals surface area contributed by atoms with Crippen molar-refractivity contribution in [2.45, 2.75) is 51.1 Å². The molecule has 3 rings (SSSR count). The minimum Gasteiger partial charge on any atom is -0.508 e. The summed E-state index contributed by atoms with van der Waals surface area (Å²) in [5.74, 6) is -11.0. The molecule has 188 valence electrons. The van der Waals surface area contributed by atoms with E-state index in [-0.39, 0.29) is 5.57 Å². The van der Waals surface area contributed by atoms with Gasteiger partial charge in [0.15, 0.2) is 11.5 Å². The predicted molar refractivity (Wildman–Crippen MR) is 126 cm³/mol. The van der Waals surface area contributed by atoms with Gasteiger partial charge in [0.25, 0.3) is 0 Å². The van der Waals surface area contributed by atoms with E-state index in [4.69, 9.17) is 4.74 Å². The summed E-state index contributed by atoms with van der Waals surface area (Å²) >= 11 is 0. The molecule has 35 heavy (non-hydrogen) atoms. The maximum atomic E-state index is 13.7. The first-order valence-electron chi connectivity index (χ1n) is 11.1. The first-order valence-corrected chi connectivity index (χ1v) is 11.1. The largest absolute Gasteiger partial charge is 0.508 e. The zero-order valence-electron chi connectivity index (χ0n) is 19.9. The maximum Gasteiger partial charge on any atom is 0.233 e. The van der Waals surface area contributed by atoms with Gasteiger partial charge in [0.1, 0.15) is 22.7 Å². The van der Waals surface area contributed by atoms with Crippen LogP contribution in [0, 0.1) is 11.8 Å². The molecular weight excluding hydrogens is 456 g/mol. The molecule has 1 aliphatic heterocycles. The van der Waals surface area contributed by atoms with E-state index in [1.54, 1.807) is 38.2 Å². The minimum absolute atomic E-state index is 0.229. The van der Waals surface area contributed by atoms with Crippen LogP contribution in [-0.4, -0.2) is 59.2 Å². The van der Waals surface area contributed by atoms with Crippen molar-refractivity contribution in [2.24, 2.45) is 11.8 Å². The summed E-state index contributed by atoms with van der Waals surface area (Å²) in [6.07, 6.45) is 11.3. The van der Waals surface area contributed by atoms with Crippen LogP contribution in [0.2, 0.25) is 0 Å². The number of rotatable bonds is 4. The van der Waals surface area contributed by atoms with Gasteiger partial charge in [-0.1, -0.05) is 36.5 Å². The number of aliphatic hydroxyl groups is 6. The summed E-state index contributed by atoms with van der Waals surface area (Å²) in [6, 6.07) is 0. The highest BCUT2D eigenvalue weighted by Crippen LogP contribution is 2.61. The summed E-state index contributed by atoms with van der Waals surface area (Å²) in [5.41, 5.74) is -4.97. The molecule has 1 heterocycles. The lowest BCUT2D eigenvalue weighted by Gasteiger charge is -2.45. The number of ether oxygens (including phenoxy) is 1. The molecule has 9 heteroatoms. The Labute approximate surface area is 202 Å². The van der Waals surface area contributed by atoms with E-state index >= 15 is 0 Å². The highest BCUT2D eigenvalue weighted by atomic mass is 16.7. The third-order valence-corrected chi connectivity index (χ3v) is 6.75. The number of ketones is 2. The fraction of sp³-hybridized carbons (Fsp3) is 0.385. The number of aliphatic hydroxyl groups excluding tert-OH is 4. The summed E-state index contributed by atoms with van der Waals surface area (Å²) < 4.78 is 5.71. The third kappa shape index (κ3) is 3.85. The summed E-state index contributed by atoms with van der Waals surface area (Å²) in [4.78, 5) is 26.7. The minimum atomic E-state index is -2.65. The van der Waals surface area contributed by atoms with Gasteiger partial charge in [-0.25, -0.2) is 0 Å². The van der Waals surface area contributed by atoms with Crippen LogP contribution in [-0.2, 0) is 14.3 Å². The zero-order chi connectivity index (χ0) is 26.3. The van der Waals surface area contributed by atoms with Crippen molar-refractivity contribution < 1.29 is 45.0 Å². The van der Waals surface area contributed by atoms with Crippen molar-refractivity contribution in [3.05, 3.63) is 82.8 Å². The SMILES string of the molecule is C/C=C/C=C/C(O)=C1\CC(C)(O)C2(O)OC3(C)C(=O)C(O)=C(O)\C(=C(O)/C=C/C=C/C)C3C2C1=O. The number of Topliss-reactive ketones (excluding diaryl/α,β-unsaturated/α-hetero) is 2. The van der Waals surface area contributed by atoms with Crippen LogP contribution in [0.25, 0.3) is 0 Å². The predicted octanol–water partition coefficient (Wildman–Crippen LogP) is 3.22. The van der Waals surface area contributed by atoms with E-state index in [1.807, 2.05) is 0 Å². The molecule has 0 radical (unpaired) electrons. The second-order valence-corrected chi connectivity index (χ2v) is 9.13. The fourth-order valence-electron chi connectivity index (χ4n) is 4.96. The molecule has 0 aromatic heterocycles. The van der Waals surface area contributed by atoms with Gasteiger partial charge in [0, 0.05) is 23.5 Å².